The Kier molecular flexibility index (Phi) is 5.57. The van der Waals surface area contributed by atoms with Crippen molar-refractivity contribution < 1.29 is 13.9 Å². The number of aromatic nitrogens is 2. The molecule has 23 heavy (non-hydrogen) atoms. The number of hydrogen-bond donors (Lipinski definition) is 1. The maximum Gasteiger partial charge on any atom is 0.250 e. The zero-order chi connectivity index (χ0) is 17.2. The van der Waals surface area contributed by atoms with Crippen LogP contribution in [-0.4, -0.2) is 45.1 Å². The molecule has 0 aliphatic carbocycles. The molecule has 1 aliphatic heterocycles. The Balaban J connectivity index is 1.96. The molecule has 1 unspecified atom stereocenters. The molecule has 1 atom stereocenters. The Bertz CT molecular complexity index is 544. The van der Waals surface area contributed by atoms with E-state index in [0.29, 0.717) is 31.9 Å². The molecular weight excluding hydrogens is 300 g/mol. The Morgan fingerprint density at radius 1 is 1.39 bits per heavy atom. The van der Waals surface area contributed by atoms with Gasteiger partial charge in [-0.05, 0) is 12.8 Å². The Labute approximate surface area is 136 Å². The number of aryl methyl sites for hydroxylation is 1. The second-order valence-corrected chi connectivity index (χ2v) is 6.81. The van der Waals surface area contributed by atoms with Crippen molar-refractivity contribution in [1.82, 2.24) is 14.5 Å². The second kappa shape index (κ2) is 7.09. The van der Waals surface area contributed by atoms with E-state index in [1.165, 1.54) is 0 Å². The van der Waals surface area contributed by atoms with Crippen LogP contribution in [0, 0.1) is 12.8 Å². The predicted molar refractivity (Wildman–Crippen MR) is 87.3 cm³/mol. The van der Waals surface area contributed by atoms with E-state index >= 15 is 0 Å². The molecule has 2 rings (SSSR count). The SMILES string of the molecule is C=C(CCN1CCC(F)(F)CC1)n1cc(C)nc1C(O)C(C)C. The van der Waals surface area contributed by atoms with Gasteiger partial charge < -0.3 is 14.6 Å². The van der Waals surface area contributed by atoms with Gasteiger partial charge in [-0.25, -0.2) is 13.8 Å². The van der Waals surface area contributed by atoms with Crippen molar-refractivity contribution >= 4 is 5.70 Å². The fourth-order valence-electron chi connectivity index (χ4n) is 2.79. The van der Waals surface area contributed by atoms with Crippen molar-refractivity contribution in [2.45, 2.75) is 52.1 Å². The summed E-state index contributed by atoms with van der Waals surface area (Å²) in [4.78, 5) is 6.45. The van der Waals surface area contributed by atoms with E-state index in [1.807, 2.05) is 36.4 Å². The highest BCUT2D eigenvalue weighted by Crippen LogP contribution is 2.28. The quantitative estimate of drug-likeness (QED) is 0.870. The summed E-state index contributed by atoms with van der Waals surface area (Å²) in [5.41, 5.74) is 1.66. The molecule has 1 fully saturated rings. The Morgan fingerprint density at radius 2 is 2.00 bits per heavy atom. The zero-order valence-corrected chi connectivity index (χ0v) is 14.2. The van der Waals surface area contributed by atoms with Crippen LogP contribution in [0.4, 0.5) is 8.78 Å². The van der Waals surface area contributed by atoms with Gasteiger partial charge in [-0.2, -0.15) is 0 Å². The molecule has 1 saturated heterocycles. The molecule has 1 aromatic heterocycles. The topological polar surface area (TPSA) is 41.3 Å². The van der Waals surface area contributed by atoms with Gasteiger partial charge in [0.25, 0.3) is 5.92 Å². The molecule has 1 aliphatic rings. The largest absolute Gasteiger partial charge is 0.385 e. The van der Waals surface area contributed by atoms with Crippen molar-refractivity contribution in [3.63, 3.8) is 0 Å². The molecule has 6 heteroatoms. The molecule has 130 valence electrons. The van der Waals surface area contributed by atoms with Crippen LogP contribution in [0.25, 0.3) is 5.70 Å². The minimum absolute atomic E-state index is 0.0627. The first-order valence-electron chi connectivity index (χ1n) is 8.22. The van der Waals surface area contributed by atoms with Crippen molar-refractivity contribution in [3.8, 4) is 0 Å². The van der Waals surface area contributed by atoms with Crippen LogP contribution in [0.1, 0.15) is 50.7 Å². The van der Waals surface area contributed by atoms with Crippen LogP contribution in [0.3, 0.4) is 0 Å². The number of likely N-dealkylation sites (tertiary alicyclic amines) is 1. The van der Waals surface area contributed by atoms with Gasteiger partial charge in [-0.15, -0.1) is 0 Å². The lowest BCUT2D eigenvalue weighted by Gasteiger charge is -2.31. The van der Waals surface area contributed by atoms with Crippen LogP contribution in [0.5, 0.6) is 0 Å². The van der Waals surface area contributed by atoms with Gasteiger partial charge in [-0.1, -0.05) is 20.4 Å². The number of halogens is 2. The molecule has 2 heterocycles. The lowest BCUT2D eigenvalue weighted by atomic mass is 10.1. The standard InChI is InChI=1S/C17H27F2N3O/c1-12(2)15(23)16-20-13(3)11-22(16)14(4)5-8-21-9-6-17(18,19)7-10-21/h11-12,15,23H,4-10H2,1-3H3. The lowest BCUT2D eigenvalue weighted by Crippen LogP contribution is -2.39. The van der Waals surface area contributed by atoms with Crippen LogP contribution in [0.2, 0.25) is 0 Å². The van der Waals surface area contributed by atoms with E-state index in [1.54, 1.807) is 0 Å². The molecule has 0 amide bonds. The highest BCUT2D eigenvalue weighted by molar-refractivity contribution is 5.43. The molecule has 1 N–H and O–H groups in total. The summed E-state index contributed by atoms with van der Waals surface area (Å²) in [6, 6.07) is 0. The first-order chi connectivity index (χ1) is 10.7. The monoisotopic (exact) mass is 327 g/mol. The maximum absolute atomic E-state index is 13.2. The summed E-state index contributed by atoms with van der Waals surface area (Å²) in [6.07, 6.45) is 1.75. The third kappa shape index (κ3) is 4.61. The molecular formula is C17H27F2N3O. The number of hydrogen-bond acceptors (Lipinski definition) is 3. The van der Waals surface area contributed by atoms with Crippen LogP contribution < -0.4 is 0 Å². The summed E-state index contributed by atoms with van der Waals surface area (Å²) in [5.74, 6) is -1.84. The summed E-state index contributed by atoms with van der Waals surface area (Å²) >= 11 is 0. The van der Waals surface area contributed by atoms with Crippen molar-refractivity contribution in [2.75, 3.05) is 19.6 Å². The Hall–Kier alpha value is -1.27. The summed E-state index contributed by atoms with van der Waals surface area (Å²) in [7, 11) is 0. The lowest BCUT2D eigenvalue weighted by molar-refractivity contribution is -0.0546. The van der Waals surface area contributed by atoms with Crippen LogP contribution >= 0.6 is 0 Å². The summed E-state index contributed by atoms with van der Waals surface area (Å²) in [5, 5.41) is 10.3. The second-order valence-electron chi connectivity index (χ2n) is 6.81. The highest BCUT2D eigenvalue weighted by atomic mass is 19.3. The van der Waals surface area contributed by atoms with Crippen LogP contribution in [0.15, 0.2) is 12.8 Å². The van der Waals surface area contributed by atoms with Gasteiger partial charge >= 0.3 is 0 Å². The van der Waals surface area contributed by atoms with E-state index in [0.717, 1.165) is 11.4 Å². The molecule has 0 radical (unpaired) electrons. The molecule has 1 aromatic rings. The van der Waals surface area contributed by atoms with Crippen LogP contribution in [-0.2, 0) is 0 Å². The molecule has 0 spiro atoms. The number of aliphatic hydroxyl groups is 1. The summed E-state index contributed by atoms with van der Waals surface area (Å²) < 4.78 is 28.2. The highest BCUT2D eigenvalue weighted by Gasteiger charge is 2.33. The van der Waals surface area contributed by atoms with Gasteiger partial charge in [0.05, 0.1) is 5.69 Å². The Morgan fingerprint density at radius 3 is 2.57 bits per heavy atom. The minimum Gasteiger partial charge on any atom is -0.385 e. The van der Waals surface area contributed by atoms with E-state index in [4.69, 9.17) is 0 Å². The number of aliphatic hydroxyl groups excluding tert-OH is 1. The third-order valence-electron chi connectivity index (χ3n) is 4.39. The third-order valence-corrected chi connectivity index (χ3v) is 4.39. The van der Waals surface area contributed by atoms with Crippen molar-refractivity contribution in [3.05, 3.63) is 24.3 Å². The van der Waals surface area contributed by atoms with E-state index in [-0.39, 0.29) is 18.8 Å². The van der Waals surface area contributed by atoms with Gasteiger partial charge in [-0.3, -0.25) is 0 Å². The average molecular weight is 327 g/mol. The number of piperidine rings is 1. The summed E-state index contributed by atoms with van der Waals surface area (Å²) in [6.45, 7) is 11.4. The average Bonchev–Trinajstić information content (AvgIpc) is 2.87. The molecule has 0 bridgehead atoms. The van der Waals surface area contributed by atoms with Crippen molar-refractivity contribution in [1.29, 1.82) is 0 Å². The maximum atomic E-state index is 13.2. The van der Waals surface area contributed by atoms with E-state index in [9.17, 15) is 13.9 Å². The van der Waals surface area contributed by atoms with Gasteiger partial charge in [0, 0.05) is 50.8 Å². The fourth-order valence-corrected chi connectivity index (χ4v) is 2.79. The fraction of sp³-hybridized carbons (Fsp3) is 0.706. The van der Waals surface area contributed by atoms with E-state index < -0.39 is 12.0 Å². The number of imidazole rings is 1. The van der Waals surface area contributed by atoms with E-state index in [2.05, 4.69) is 11.6 Å². The number of alkyl halides is 2. The van der Waals surface area contributed by atoms with Crippen molar-refractivity contribution in [2.24, 2.45) is 5.92 Å². The zero-order valence-electron chi connectivity index (χ0n) is 14.2. The molecule has 0 aromatic carbocycles. The number of nitrogens with zero attached hydrogens (tertiary/aromatic N) is 3. The normalized spacial score (nSPS) is 20.0. The smallest absolute Gasteiger partial charge is 0.250 e. The molecule has 0 saturated carbocycles. The predicted octanol–water partition coefficient (Wildman–Crippen LogP) is 3.47. The number of rotatable bonds is 6. The van der Waals surface area contributed by atoms with Gasteiger partial charge in [0.15, 0.2) is 0 Å². The first kappa shape index (κ1) is 18.1. The minimum atomic E-state index is -2.51. The van der Waals surface area contributed by atoms with Gasteiger partial charge in [0.2, 0.25) is 0 Å². The first-order valence-corrected chi connectivity index (χ1v) is 8.22. The molecule has 4 nitrogen and oxygen atoms in total. The van der Waals surface area contributed by atoms with Gasteiger partial charge in [0.1, 0.15) is 11.9 Å².